The van der Waals surface area contributed by atoms with E-state index in [1.807, 2.05) is 14.0 Å². The van der Waals surface area contributed by atoms with Crippen molar-refractivity contribution < 1.29 is 4.42 Å². The van der Waals surface area contributed by atoms with Crippen molar-refractivity contribution in [1.29, 1.82) is 0 Å². The van der Waals surface area contributed by atoms with Crippen molar-refractivity contribution in [2.45, 2.75) is 51.6 Å². The Bertz CT molecular complexity index is 352. The molecule has 2 N–H and O–H groups in total. The van der Waals surface area contributed by atoms with Gasteiger partial charge in [0, 0.05) is 6.04 Å². The number of hydrogen-bond acceptors (Lipinski definition) is 5. The van der Waals surface area contributed by atoms with Crippen LogP contribution in [0.25, 0.3) is 0 Å². The summed E-state index contributed by atoms with van der Waals surface area (Å²) in [6.07, 6.45) is 5.01. The van der Waals surface area contributed by atoms with Crippen LogP contribution in [0.1, 0.15) is 51.5 Å². The molecule has 1 aromatic rings. The first-order valence-electron chi connectivity index (χ1n) is 6.46. The molecule has 0 aromatic carbocycles. The Labute approximate surface area is 102 Å². The molecule has 5 nitrogen and oxygen atoms in total. The fraction of sp³-hybridized carbons (Fsp3) is 0.833. The van der Waals surface area contributed by atoms with Crippen molar-refractivity contribution in [3.63, 3.8) is 0 Å². The van der Waals surface area contributed by atoms with E-state index in [9.17, 15) is 0 Å². The number of nitrogens with zero attached hydrogens (tertiary/aromatic N) is 2. The molecule has 5 heteroatoms. The molecule has 96 valence electrons. The summed E-state index contributed by atoms with van der Waals surface area (Å²) in [4.78, 5) is 0. The highest BCUT2D eigenvalue weighted by atomic mass is 16.4. The van der Waals surface area contributed by atoms with E-state index in [0.717, 1.165) is 5.92 Å². The third-order valence-corrected chi connectivity index (χ3v) is 3.51. The van der Waals surface area contributed by atoms with Gasteiger partial charge in [-0.2, -0.15) is 0 Å². The van der Waals surface area contributed by atoms with Crippen LogP contribution in [0.3, 0.4) is 0 Å². The van der Waals surface area contributed by atoms with Gasteiger partial charge in [-0.15, -0.1) is 5.10 Å². The molecule has 0 radical (unpaired) electrons. The fourth-order valence-electron chi connectivity index (χ4n) is 2.33. The zero-order valence-electron chi connectivity index (χ0n) is 10.9. The monoisotopic (exact) mass is 238 g/mol. The van der Waals surface area contributed by atoms with Gasteiger partial charge in [0.2, 0.25) is 5.89 Å². The molecular weight excluding hydrogens is 216 g/mol. The van der Waals surface area contributed by atoms with Crippen molar-refractivity contribution in [2.24, 2.45) is 5.92 Å². The van der Waals surface area contributed by atoms with Gasteiger partial charge in [-0.05, 0) is 32.7 Å². The molecule has 1 fully saturated rings. The minimum Gasteiger partial charge on any atom is -0.406 e. The molecule has 1 aliphatic rings. The number of aromatic nitrogens is 2. The molecule has 2 rings (SSSR count). The first-order valence-corrected chi connectivity index (χ1v) is 6.46. The van der Waals surface area contributed by atoms with Crippen LogP contribution < -0.4 is 10.6 Å². The Balaban J connectivity index is 1.92. The van der Waals surface area contributed by atoms with Crippen molar-refractivity contribution in [3.05, 3.63) is 5.89 Å². The van der Waals surface area contributed by atoms with E-state index in [4.69, 9.17) is 4.42 Å². The Kier molecular flexibility index (Phi) is 3.99. The van der Waals surface area contributed by atoms with Crippen LogP contribution in [0.2, 0.25) is 0 Å². The van der Waals surface area contributed by atoms with Crippen molar-refractivity contribution in [2.75, 3.05) is 12.4 Å². The highest BCUT2D eigenvalue weighted by molar-refractivity contribution is 5.20. The van der Waals surface area contributed by atoms with E-state index in [2.05, 4.69) is 27.8 Å². The molecule has 17 heavy (non-hydrogen) atoms. The van der Waals surface area contributed by atoms with Gasteiger partial charge in [0.1, 0.15) is 0 Å². The SMILES string of the molecule is CNC(C)c1nnc(NC2CCCC(C)C2)o1. The molecule has 3 atom stereocenters. The van der Waals surface area contributed by atoms with Crippen LogP contribution in [-0.4, -0.2) is 23.3 Å². The highest BCUT2D eigenvalue weighted by Gasteiger charge is 2.21. The Morgan fingerprint density at radius 1 is 1.35 bits per heavy atom. The third kappa shape index (κ3) is 3.19. The van der Waals surface area contributed by atoms with E-state index < -0.39 is 0 Å². The van der Waals surface area contributed by atoms with Gasteiger partial charge < -0.3 is 15.1 Å². The molecule has 1 heterocycles. The molecule has 0 amide bonds. The molecule has 1 aliphatic carbocycles. The van der Waals surface area contributed by atoms with E-state index in [-0.39, 0.29) is 6.04 Å². The minimum absolute atomic E-state index is 0.100. The number of anilines is 1. The Morgan fingerprint density at radius 2 is 2.18 bits per heavy atom. The second-order valence-electron chi connectivity index (χ2n) is 5.07. The highest BCUT2D eigenvalue weighted by Crippen LogP contribution is 2.26. The summed E-state index contributed by atoms with van der Waals surface area (Å²) in [5.74, 6) is 1.43. The van der Waals surface area contributed by atoms with Gasteiger partial charge in [0.05, 0.1) is 6.04 Å². The van der Waals surface area contributed by atoms with Gasteiger partial charge in [-0.25, -0.2) is 0 Å². The van der Waals surface area contributed by atoms with Gasteiger partial charge in [0.25, 0.3) is 0 Å². The fourth-order valence-corrected chi connectivity index (χ4v) is 2.33. The maximum Gasteiger partial charge on any atom is 0.315 e. The summed E-state index contributed by atoms with van der Waals surface area (Å²) in [6, 6.07) is 1.14. The summed E-state index contributed by atoms with van der Waals surface area (Å²) in [5, 5.41) is 14.5. The van der Waals surface area contributed by atoms with E-state index >= 15 is 0 Å². The van der Waals surface area contributed by atoms with Crippen molar-refractivity contribution in [1.82, 2.24) is 15.5 Å². The van der Waals surface area contributed by atoms with Crippen LogP contribution in [0.5, 0.6) is 0 Å². The quantitative estimate of drug-likeness (QED) is 0.843. The zero-order chi connectivity index (χ0) is 12.3. The summed E-state index contributed by atoms with van der Waals surface area (Å²) < 4.78 is 5.58. The van der Waals surface area contributed by atoms with Gasteiger partial charge in [0.15, 0.2) is 0 Å². The first kappa shape index (κ1) is 12.4. The maximum atomic E-state index is 5.58. The minimum atomic E-state index is 0.100. The Morgan fingerprint density at radius 3 is 2.88 bits per heavy atom. The lowest BCUT2D eigenvalue weighted by molar-refractivity contribution is 0.351. The topological polar surface area (TPSA) is 63.0 Å². The average molecular weight is 238 g/mol. The van der Waals surface area contributed by atoms with Gasteiger partial charge in [-0.3, -0.25) is 0 Å². The molecule has 0 aliphatic heterocycles. The molecule has 0 spiro atoms. The predicted molar refractivity (Wildman–Crippen MR) is 66.8 cm³/mol. The van der Waals surface area contributed by atoms with Crippen LogP contribution in [0, 0.1) is 5.92 Å². The lowest BCUT2D eigenvalue weighted by atomic mass is 9.87. The second kappa shape index (κ2) is 5.49. The summed E-state index contributed by atoms with van der Waals surface area (Å²) >= 11 is 0. The lowest BCUT2D eigenvalue weighted by Crippen LogP contribution is -2.26. The van der Waals surface area contributed by atoms with E-state index in [1.165, 1.54) is 25.7 Å². The third-order valence-electron chi connectivity index (χ3n) is 3.51. The van der Waals surface area contributed by atoms with E-state index in [0.29, 0.717) is 17.9 Å². The normalized spacial score (nSPS) is 26.8. The lowest BCUT2D eigenvalue weighted by Gasteiger charge is -2.26. The van der Waals surface area contributed by atoms with Crippen molar-refractivity contribution in [3.8, 4) is 0 Å². The molecule has 1 aromatic heterocycles. The molecular formula is C12H22N4O. The standard InChI is InChI=1S/C12H22N4O/c1-8-5-4-6-10(7-8)14-12-16-15-11(17-12)9(2)13-3/h8-10,13H,4-7H2,1-3H3,(H,14,16). The van der Waals surface area contributed by atoms with E-state index in [1.54, 1.807) is 0 Å². The van der Waals surface area contributed by atoms with Crippen LogP contribution >= 0.6 is 0 Å². The zero-order valence-corrected chi connectivity index (χ0v) is 10.9. The van der Waals surface area contributed by atoms with Gasteiger partial charge >= 0.3 is 6.01 Å². The number of nitrogens with one attached hydrogen (secondary N) is 2. The second-order valence-corrected chi connectivity index (χ2v) is 5.07. The van der Waals surface area contributed by atoms with Gasteiger partial charge in [-0.1, -0.05) is 24.9 Å². The molecule has 1 saturated carbocycles. The van der Waals surface area contributed by atoms with Crippen LogP contribution in [0.4, 0.5) is 6.01 Å². The molecule has 0 saturated heterocycles. The number of rotatable bonds is 4. The first-order chi connectivity index (χ1) is 8.19. The summed E-state index contributed by atoms with van der Waals surface area (Å²) in [5.41, 5.74) is 0. The largest absolute Gasteiger partial charge is 0.406 e. The van der Waals surface area contributed by atoms with Crippen molar-refractivity contribution >= 4 is 6.01 Å². The van der Waals surface area contributed by atoms with Crippen LogP contribution in [0.15, 0.2) is 4.42 Å². The molecule has 3 unspecified atom stereocenters. The smallest absolute Gasteiger partial charge is 0.315 e. The maximum absolute atomic E-state index is 5.58. The predicted octanol–water partition coefficient (Wildman–Crippen LogP) is 2.34. The number of hydrogen-bond donors (Lipinski definition) is 2. The molecule has 0 bridgehead atoms. The van der Waals surface area contributed by atoms with Crippen LogP contribution in [-0.2, 0) is 0 Å². The average Bonchev–Trinajstić information content (AvgIpc) is 2.76. The summed E-state index contributed by atoms with van der Waals surface area (Å²) in [7, 11) is 1.88. The summed E-state index contributed by atoms with van der Waals surface area (Å²) in [6.45, 7) is 4.30. The Hall–Kier alpha value is -1.10.